The molecule has 0 spiro atoms. The summed E-state index contributed by atoms with van der Waals surface area (Å²) in [5.74, 6) is -0.438. The van der Waals surface area contributed by atoms with E-state index < -0.39 is 0 Å². The van der Waals surface area contributed by atoms with E-state index >= 15 is 0 Å². The Kier molecular flexibility index (Phi) is 4.74. The van der Waals surface area contributed by atoms with Crippen molar-refractivity contribution in [2.45, 2.75) is 25.8 Å². The molecule has 0 aromatic heterocycles. The van der Waals surface area contributed by atoms with Gasteiger partial charge < -0.3 is 0 Å². The van der Waals surface area contributed by atoms with Gasteiger partial charge in [0, 0.05) is 5.54 Å². The maximum Gasteiger partial charge on any atom is 0.262 e. The number of carbonyl (C=O) groups is 2. The van der Waals surface area contributed by atoms with Gasteiger partial charge in [-0.1, -0.05) is 42.0 Å². The highest BCUT2D eigenvalue weighted by molar-refractivity contribution is 6.25. The summed E-state index contributed by atoms with van der Waals surface area (Å²) in [6, 6.07) is 6.68. The number of benzene rings is 1. The van der Waals surface area contributed by atoms with E-state index in [-0.39, 0.29) is 17.9 Å². The molecule has 20 heavy (non-hydrogen) atoms. The summed E-state index contributed by atoms with van der Waals surface area (Å²) in [4.78, 5) is 25.8. The van der Waals surface area contributed by atoms with Crippen LogP contribution in [0.15, 0.2) is 48.0 Å². The Morgan fingerprint density at radius 1 is 1.10 bits per heavy atom. The molecule has 1 aliphatic heterocycles. The minimum absolute atomic E-state index is 0.219. The molecule has 0 aliphatic carbocycles. The summed E-state index contributed by atoms with van der Waals surface area (Å²) < 4.78 is 0. The van der Waals surface area contributed by atoms with E-state index in [2.05, 4.69) is 0 Å². The van der Waals surface area contributed by atoms with Crippen molar-refractivity contribution in [1.82, 2.24) is 4.90 Å². The first kappa shape index (κ1) is 14.5. The SMILES string of the molecule is CC(/C=C\CC/C=C/Cl)N1C(=O)c2ccccc2C1=O. The van der Waals surface area contributed by atoms with Crippen molar-refractivity contribution in [2.75, 3.05) is 0 Å². The van der Waals surface area contributed by atoms with Crippen LogP contribution >= 0.6 is 11.6 Å². The minimum Gasteiger partial charge on any atom is -0.269 e. The van der Waals surface area contributed by atoms with Crippen LogP contribution in [0.1, 0.15) is 40.5 Å². The van der Waals surface area contributed by atoms with E-state index in [1.54, 1.807) is 24.3 Å². The molecule has 0 saturated heterocycles. The van der Waals surface area contributed by atoms with Crippen LogP contribution in [0.2, 0.25) is 0 Å². The quantitative estimate of drug-likeness (QED) is 0.470. The first-order chi connectivity index (χ1) is 9.66. The standard InChI is InChI=1S/C16H16ClNO2/c1-12(8-4-2-3-7-11-17)18-15(19)13-9-5-6-10-14(13)16(18)20/h4-12H,2-3H2,1H3/b8-4-,11-7+. The van der Waals surface area contributed by atoms with Crippen LogP contribution in [0.25, 0.3) is 0 Å². The predicted octanol–water partition coefficient (Wildman–Crippen LogP) is 3.76. The minimum atomic E-state index is -0.248. The average Bonchev–Trinajstić information content (AvgIpc) is 2.71. The number of rotatable bonds is 5. The Morgan fingerprint density at radius 2 is 1.65 bits per heavy atom. The molecule has 1 aromatic rings. The lowest BCUT2D eigenvalue weighted by atomic mass is 10.1. The summed E-state index contributed by atoms with van der Waals surface area (Å²) in [7, 11) is 0. The molecule has 0 bridgehead atoms. The van der Waals surface area contributed by atoms with E-state index in [4.69, 9.17) is 11.6 Å². The highest BCUT2D eigenvalue weighted by atomic mass is 35.5. The molecule has 1 atom stereocenters. The summed E-state index contributed by atoms with van der Waals surface area (Å²) in [6.45, 7) is 1.84. The first-order valence-electron chi connectivity index (χ1n) is 6.55. The Labute approximate surface area is 123 Å². The van der Waals surface area contributed by atoms with E-state index in [1.165, 1.54) is 10.4 Å². The summed E-state index contributed by atoms with van der Waals surface area (Å²) in [5, 5.41) is 0. The van der Waals surface area contributed by atoms with Crippen LogP contribution in [-0.4, -0.2) is 22.8 Å². The third-order valence-electron chi connectivity index (χ3n) is 3.24. The largest absolute Gasteiger partial charge is 0.269 e. The number of hydrogen-bond acceptors (Lipinski definition) is 2. The second-order valence-corrected chi connectivity index (χ2v) is 4.89. The van der Waals surface area contributed by atoms with Gasteiger partial charge in [0.05, 0.1) is 17.2 Å². The van der Waals surface area contributed by atoms with Crippen LogP contribution in [0.5, 0.6) is 0 Å². The number of hydrogen-bond donors (Lipinski definition) is 0. The fourth-order valence-corrected chi connectivity index (χ4v) is 2.34. The zero-order valence-corrected chi connectivity index (χ0v) is 12.0. The Hall–Kier alpha value is -1.87. The van der Waals surface area contributed by atoms with E-state index in [0.717, 1.165) is 12.8 Å². The molecular weight excluding hydrogens is 274 g/mol. The number of unbranched alkanes of at least 4 members (excludes halogenated alkanes) is 1. The first-order valence-corrected chi connectivity index (χ1v) is 6.99. The summed E-state index contributed by atoms with van der Waals surface area (Å²) >= 11 is 5.43. The van der Waals surface area contributed by atoms with Gasteiger partial charge in [-0.2, -0.15) is 0 Å². The molecular formula is C16H16ClNO2. The lowest BCUT2D eigenvalue weighted by Gasteiger charge is -2.19. The van der Waals surface area contributed by atoms with Gasteiger partial charge in [0.2, 0.25) is 0 Å². The molecule has 1 aliphatic rings. The zero-order chi connectivity index (χ0) is 14.5. The third-order valence-corrected chi connectivity index (χ3v) is 3.41. The van der Waals surface area contributed by atoms with Gasteiger partial charge in [-0.3, -0.25) is 14.5 Å². The average molecular weight is 290 g/mol. The molecule has 104 valence electrons. The van der Waals surface area contributed by atoms with Gasteiger partial charge in [-0.25, -0.2) is 0 Å². The van der Waals surface area contributed by atoms with Crippen molar-refractivity contribution in [3.63, 3.8) is 0 Å². The van der Waals surface area contributed by atoms with Crippen LogP contribution in [0, 0.1) is 0 Å². The molecule has 3 nitrogen and oxygen atoms in total. The Morgan fingerprint density at radius 3 is 2.20 bits per heavy atom. The molecule has 2 amide bonds. The van der Waals surface area contributed by atoms with Crippen molar-refractivity contribution >= 4 is 23.4 Å². The van der Waals surface area contributed by atoms with Crippen LogP contribution in [0.4, 0.5) is 0 Å². The van der Waals surface area contributed by atoms with Gasteiger partial charge in [-0.05, 0) is 31.9 Å². The van der Waals surface area contributed by atoms with Crippen molar-refractivity contribution in [3.8, 4) is 0 Å². The number of carbonyl (C=O) groups excluding carboxylic acids is 2. The summed E-state index contributed by atoms with van der Waals surface area (Å²) in [6.07, 6.45) is 7.37. The number of fused-ring (bicyclic) bond motifs is 1. The van der Waals surface area contributed by atoms with Crippen molar-refractivity contribution in [2.24, 2.45) is 0 Å². The van der Waals surface area contributed by atoms with Crippen molar-refractivity contribution in [1.29, 1.82) is 0 Å². The second kappa shape index (κ2) is 6.53. The monoisotopic (exact) mass is 289 g/mol. The lowest BCUT2D eigenvalue weighted by molar-refractivity contribution is 0.0625. The molecule has 1 unspecified atom stereocenters. The topological polar surface area (TPSA) is 37.4 Å². The van der Waals surface area contributed by atoms with E-state index in [0.29, 0.717) is 11.1 Å². The molecule has 0 N–H and O–H groups in total. The van der Waals surface area contributed by atoms with Gasteiger partial charge >= 0.3 is 0 Å². The maximum atomic E-state index is 12.2. The summed E-state index contributed by atoms with van der Waals surface area (Å²) in [5.41, 5.74) is 2.46. The van der Waals surface area contributed by atoms with Gasteiger partial charge in [-0.15, -0.1) is 0 Å². The fourth-order valence-electron chi connectivity index (χ4n) is 2.21. The molecule has 1 heterocycles. The lowest BCUT2D eigenvalue weighted by Crippen LogP contribution is -2.36. The molecule has 0 saturated carbocycles. The predicted molar refractivity (Wildman–Crippen MR) is 79.8 cm³/mol. The number of allylic oxidation sites excluding steroid dienone is 2. The number of imide groups is 1. The van der Waals surface area contributed by atoms with Crippen molar-refractivity contribution in [3.05, 3.63) is 59.2 Å². The van der Waals surface area contributed by atoms with Crippen LogP contribution in [-0.2, 0) is 0 Å². The fraction of sp³-hybridized carbons (Fsp3) is 0.250. The zero-order valence-electron chi connectivity index (χ0n) is 11.3. The van der Waals surface area contributed by atoms with Gasteiger partial charge in [0.15, 0.2) is 0 Å². The third kappa shape index (κ3) is 2.83. The molecule has 1 aromatic carbocycles. The van der Waals surface area contributed by atoms with Crippen LogP contribution in [0.3, 0.4) is 0 Å². The second-order valence-electron chi connectivity index (χ2n) is 4.63. The van der Waals surface area contributed by atoms with Crippen molar-refractivity contribution < 1.29 is 9.59 Å². The van der Waals surface area contributed by atoms with Crippen LogP contribution < -0.4 is 0 Å². The van der Waals surface area contributed by atoms with Gasteiger partial charge in [0.25, 0.3) is 11.8 Å². The molecule has 2 rings (SSSR count). The number of nitrogens with zero attached hydrogens (tertiary/aromatic N) is 1. The maximum absolute atomic E-state index is 12.2. The molecule has 0 fully saturated rings. The normalized spacial score (nSPS) is 16.4. The molecule has 0 radical (unpaired) electrons. The van der Waals surface area contributed by atoms with E-state index in [1.807, 2.05) is 25.2 Å². The highest BCUT2D eigenvalue weighted by Gasteiger charge is 2.37. The smallest absolute Gasteiger partial charge is 0.262 e. The molecule has 4 heteroatoms. The Balaban J connectivity index is 2.07. The Bertz CT molecular complexity index is 543. The highest BCUT2D eigenvalue weighted by Crippen LogP contribution is 2.24. The van der Waals surface area contributed by atoms with Gasteiger partial charge in [0.1, 0.15) is 0 Å². The number of amides is 2. The number of halogens is 1. The van der Waals surface area contributed by atoms with E-state index in [9.17, 15) is 9.59 Å².